The maximum absolute atomic E-state index is 13.3. The average molecular weight is 512 g/mol. The van der Waals surface area contributed by atoms with Gasteiger partial charge in [-0.3, -0.25) is 4.79 Å². The first kappa shape index (κ1) is 21.6. The lowest BCUT2D eigenvalue weighted by molar-refractivity contribution is -0.0500. The van der Waals surface area contributed by atoms with Crippen LogP contribution < -0.4 is 4.18 Å². The maximum atomic E-state index is 13.3. The van der Waals surface area contributed by atoms with Crippen molar-refractivity contribution in [3.8, 4) is 5.75 Å². The number of benzene rings is 2. The predicted molar refractivity (Wildman–Crippen MR) is 110 cm³/mol. The van der Waals surface area contributed by atoms with E-state index < -0.39 is 26.8 Å². The summed E-state index contributed by atoms with van der Waals surface area (Å²) < 4.78 is 65.6. The van der Waals surface area contributed by atoms with Crippen molar-refractivity contribution >= 4 is 43.1 Å². The normalized spacial score (nSPS) is 17.0. The molecule has 0 unspecified atom stereocenters. The largest absolute Gasteiger partial charge is 0.534 e. The number of fused-ring (bicyclic) bond motifs is 3. The topological polar surface area (TPSA) is 64.8 Å². The number of Topliss-reactive ketones (excluding diaryl/α,β-unsaturated/α-hetero) is 1. The summed E-state index contributed by atoms with van der Waals surface area (Å²) in [5.74, 6) is -0.864. The van der Waals surface area contributed by atoms with E-state index in [2.05, 4.69) is 25.0 Å². The zero-order chi connectivity index (χ0) is 22.9. The van der Waals surface area contributed by atoms with E-state index in [-0.39, 0.29) is 15.8 Å². The number of alkyl halides is 3. The number of ketones is 1. The summed E-state index contributed by atoms with van der Waals surface area (Å²) in [4.78, 5) is 16.7. The van der Waals surface area contributed by atoms with E-state index in [4.69, 9.17) is 6.57 Å². The molecule has 10 heteroatoms. The molecule has 0 aromatic heterocycles. The minimum absolute atomic E-state index is 0.0890. The van der Waals surface area contributed by atoms with E-state index in [0.29, 0.717) is 23.2 Å². The van der Waals surface area contributed by atoms with Gasteiger partial charge in [0.05, 0.1) is 11.0 Å². The molecule has 4 rings (SSSR count). The second-order valence-electron chi connectivity index (χ2n) is 7.75. The molecule has 2 aliphatic carbocycles. The first-order valence-corrected chi connectivity index (χ1v) is 11.1. The first-order chi connectivity index (χ1) is 14.3. The fraction of sp³-hybridized carbons (Fsp3) is 0.238. The van der Waals surface area contributed by atoms with Crippen molar-refractivity contribution < 1.29 is 30.6 Å². The van der Waals surface area contributed by atoms with E-state index >= 15 is 0 Å². The molecule has 0 saturated carbocycles. The predicted octanol–water partition coefficient (Wildman–Crippen LogP) is 5.71. The molecule has 0 N–H and O–H groups in total. The Morgan fingerprint density at radius 1 is 1.16 bits per heavy atom. The lowest BCUT2D eigenvalue weighted by Gasteiger charge is -2.34. The Kier molecular flexibility index (Phi) is 4.65. The molecular weight excluding hydrogens is 499 g/mol. The van der Waals surface area contributed by atoms with E-state index in [1.165, 1.54) is 6.07 Å². The minimum Gasteiger partial charge on any atom is -0.375 e. The van der Waals surface area contributed by atoms with Crippen LogP contribution in [0.25, 0.3) is 10.4 Å². The van der Waals surface area contributed by atoms with Gasteiger partial charge in [0.25, 0.3) is 0 Å². The van der Waals surface area contributed by atoms with Crippen LogP contribution in [-0.4, -0.2) is 19.7 Å². The van der Waals surface area contributed by atoms with E-state index in [1.54, 1.807) is 18.2 Å². The summed E-state index contributed by atoms with van der Waals surface area (Å²) in [7, 11) is -5.87. The van der Waals surface area contributed by atoms with Crippen LogP contribution in [0.15, 0.2) is 40.4 Å². The highest BCUT2D eigenvalue weighted by Gasteiger charge is 2.49. The lowest BCUT2D eigenvalue weighted by Crippen LogP contribution is -2.31. The summed E-state index contributed by atoms with van der Waals surface area (Å²) in [5.41, 5.74) is -2.52. The number of carbonyl (C=O) groups excluding carboxylic acids is 1. The van der Waals surface area contributed by atoms with Gasteiger partial charge in [-0.15, -0.1) is 0 Å². The van der Waals surface area contributed by atoms with Gasteiger partial charge in [0, 0.05) is 16.6 Å². The number of allylic oxidation sites excluding steroid dienone is 2. The third kappa shape index (κ3) is 3.18. The van der Waals surface area contributed by atoms with Crippen molar-refractivity contribution in [3.05, 3.63) is 74.0 Å². The van der Waals surface area contributed by atoms with Gasteiger partial charge in [-0.1, -0.05) is 32.0 Å². The summed E-state index contributed by atoms with van der Waals surface area (Å²) in [6, 6.07) is 7.53. The SMILES string of the molecule is [C-]#[N+]c1ccc2c(c1)CC1=C2C(=O)c2cc(Br)c(OS(=O)(=O)C(F)(F)F)cc2C1(C)C. The molecule has 0 atom stereocenters. The number of hydrogen-bond donors (Lipinski definition) is 0. The van der Waals surface area contributed by atoms with Gasteiger partial charge in [-0.2, -0.15) is 21.6 Å². The van der Waals surface area contributed by atoms with Crippen LogP contribution in [-0.2, 0) is 22.0 Å². The van der Waals surface area contributed by atoms with E-state index in [0.717, 1.165) is 22.8 Å². The molecule has 0 fully saturated rings. The van der Waals surface area contributed by atoms with Gasteiger partial charge in [0.2, 0.25) is 0 Å². The number of carbonyl (C=O) groups is 1. The van der Waals surface area contributed by atoms with Crippen molar-refractivity contribution in [1.29, 1.82) is 0 Å². The Hall–Kier alpha value is -2.64. The molecule has 0 spiro atoms. The average Bonchev–Trinajstić information content (AvgIpc) is 3.06. The molecule has 2 aromatic carbocycles. The molecule has 0 aliphatic heterocycles. The zero-order valence-corrected chi connectivity index (χ0v) is 18.5. The van der Waals surface area contributed by atoms with Crippen molar-refractivity contribution in [2.75, 3.05) is 0 Å². The van der Waals surface area contributed by atoms with Crippen molar-refractivity contribution in [2.24, 2.45) is 0 Å². The number of nitrogens with zero attached hydrogens (tertiary/aromatic N) is 1. The molecule has 2 aromatic rings. The van der Waals surface area contributed by atoms with Crippen LogP contribution in [0.4, 0.5) is 18.9 Å². The maximum Gasteiger partial charge on any atom is 0.534 e. The number of rotatable bonds is 2. The van der Waals surface area contributed by atoms with Crippen LogP contribution in [0.2, 0.25) is 0 Å². The summed E-state index contributed by atoms with van der Waals surface area (Å²) >= 11 is 3.02. The summed E-state index contributed by atoms with van der Waals surface area (Å²) in [5, 5.41) is 0. The Balaban J connectivity index is 1.86. The summed E-state index contributed by atoms with van der Waals surface area (Å²) in [6.45, 7) is 10.8. The van der Waals surface area contributed by atoms with Crippen LogP contribution in [0, 0.1) is 6.57 Å². The highest BCUT2D eigenvalue weighted by molar-refractivity contribution is 9.10. The zero-order valence-electron chi connectivity index (χ0n) is 16.1. The third-order valence-electron chi connectivity index (χ3n) is 5.61. The fourth-order valence-electron chi connectivity index (χ4n) is 4.06. The van der Waals surface area contributed by atoms with Gasteiger partial charge in [-0.05, 0) is 56.7 Å². The van der Waals surface area contributed by atoms with Crippen LogP contribution >= 0.6 is 15.9 Å². The Labute approximate surface area is 184 Å². The van der Waals surface area contributed by atoms with Crippen LogP contribution in [0.3, 0.4) is 0 Å². The molecule has 31 heavy (non-hydrogen) atoms. The fourth-order valence-corrected chi connectivity index (χ4v) is 5.06. The van der Waals surface area contributed by atoms with E-state index in [9.17, 15) is 26.4 Å². The highest BCUT2D eigenvalue weighted by atomic mass is 79.9. The summed E-state index contributed by atoms with van der Waals surface area (Å²) in [6.07, 6.45) is 0.402. The second-order valence-corrected chi connectivity index (χ2v) is 10.1. The van der Waals surface area contributed by atoms with Gasteiger partial charge in [0.1, 0.15) is 0 Å². The Morgan fingerprint density at radius 3 is 2.45 bits per heavy atom. The monoisotopic (exact) mass is 511 g/mol. The molecule has 0 bridgehead atoms. The Bertz CT molecular complexity index is 1350. The quantitative estimate of drug-likeness (QED) is 0.294. The van der Waals surface area contributed by atoms with E-state index in [1.807, 2.05) is 13.8 Å². The molecule has 0 radical (unpaired) electrons. The van der Waals surface area contributed by atoms with Gasteiger partial charge in [0.15, 0.2) is 17.2 Å². The molecular formula is C21H13BrF3NO4S. The van der Waals surface area contributed by atoms with Crippen molar-refractivity contribution in [1.82, 2.24) is 0 Å². The minimum atomic E-state index is -5.87. The van der Waals surface area contributed by atoms with Gasteiger partial charge < -0.3 is 4.18 Å². The van der Waals surface area contributed by atoms with Crippen molar-refractivity contribution in [2.45, 2.75) is 31.2 Å². The molecule has 5 nitrogen and oxygen atoms in total. The number of hydrogen-bond acceptors (Lipinski definition) is 4. The van der Waals surface area contributed by atoms with Crippen molar-refractivity contribution in [3.63, 3.8) is 0 Å². The highest BCUT2D eigenvalue weighted by Crippen LogP contribution is 2.52. The van der Waals surface area contributed by atoms with Crippen LogP contribution in [0.1, 0.15) is 40.9 Å². The lowest BCUT2D eigenvalue weighted by atomic mass is 9.68. The molecule has 2 aliphatic rings. The first-order valence-electron chi connectivity index (χ1n) is 8.92. The molecule has 0 heterocycles. The van der Waals surface area contributed by atoms with Gasteiger partial charge in [-0.25, -0.2) is 4.85 Å². The third-order valence-corrected chi connectivity index (χ3v) is 7.20. The molecule has 160 valence electrons. The molecule has 0 amide bonds. The Morgan fingerprint density at radius 2 is 1.84 bits per heavy atom. The van der Waals surface area contributed by atoms with Crippen LogP contribution in [0.5, 0.6) is 5.75 Å². The molecule has 0 saturated heterocycles. The van der Waals surface area contributed by atoms with Gasteiger partial charge >= 0.3 is 15.6 Å². The smallest absolute Gasteiger partial charge is 0.375 e. The second kappa shape index (κ2) is 6.68. The standard InChI is InChI=1S/C21H13BrF3NO4S/c1-20(2)14-9-17(30-31(28,29)21(23,24)25)16(22)8-13(14)19(27)18-12-5-4-11(26-3)6-10(12)7-15(18)20/h4-6,8-9H,7H2,1-2H3. The number of halogens is 4.